The fourth-order valence-electron chi connectivity index (χ4n) is 2.29. The first kappa shape index (κ1) is 19.3. The van der Waals surface area contributed by atoms with Crippen molar-refractivity contribution < 1.29 is 18.9 Å². The van der Waals surface area contributed by atoms with E-state index in [-0.39, 0.29) is 0 Å². The van der Waals surface area contributed by atoms with E-state index in [1.807, 2.05) is 10.6 Å². The Bertz CT molecular complexity index is 756. The van der Waals surface area contributed by atoms with E-state index < -0.39 is 18.9 Å². The van der Waals surface area contributed by atoms with Crippen molar-refractivity contribution in [3.8, 4) is 0 Å². The second-order valence-electron chi connectivity index (χ2n) is 5.21. The smallest absolute Gasteiger partial charge is 0.0809 e. The van der Waals surface area contributed by atoms with Crippen LogP contribution in [0.1, 0.15) is 13.3 Å². The molecule has 0 nitrogen and oxygen atoms in total. The molecular weight excluding hydrogens is 414 g/mol. The summed E-state index contributed by atoms with van der Waals surface area (Å²) in [6.45, 7) is 2.05. The van der Waals surface area contributed by atoms with Crippen molar-refractivity contribution in [2.45, 2.75) is 13.3 Å². The van der Waals surface area contributed by atoms with Gasteiger partial charge in [-0.25, -0.2) is 0 Å². The number of hydrogen-bond acceptors (Lipinski definition) is 0. The molecule has 0 saturated carbocycles. The molecule has 0 bridgehead atoms. The predicted octanol–water partition coefficient (Wildman–Crippen LogP) is 7.24. The van der Waals surface area contributed by atoms with Crippen LogP contribution in [0.2, 0.25) is 0 Å². The van der Waals surface area contributed by atoms with Crippen molar-refractivity contribution in [3.05, 3.63) is 84.9 Å². The van der Waals surface area contributed by atoms with Gasteiger partial charge in [0, 0.05) is 0 Å². The van der Waals surface area contributed by atoms with Gasteiger partial charge in [0.1, 0.15) is 0 Å². The Morgan fingerprint density at radius 1 is 0.792 bits per heavy atom. The second-order valence-corrected chi connectivity index (χ2v) is 13.6. The van der Waals surface area contributed by atoms with Crippen molar-refractivity contribution in [1.82, 2.24) is 0 Å². The summed E-state index contributed by atoms with van der Waals surface area (Å²) in [6.07, 6.45) is 1.03. The van der Waals surface area contributed by atoms with Crippen LogP contribution in [0.5, 0.6) is 0 Å². The molecule has 0 aliphatic rings. The molecular formula is C21H20Cl2Zr-2. The summed E-state index contributed by atoms with van der Waals surface area (Å²) >= 11 is -1.80. The molecule has 0 aliphatic carbocycles. The Kier molecular flexibility index (Phi) is 8.67. The minimum atomic E-state index is -1.80. The maximum Gasteiger partial charge on any atom is -0.0809 e. The Balaban J connectivity index is 0.000000134. The molecule has 0 saturated heterocycles. The van der Waals surface area contributed by atoms with E-state index >= 15 is 0 Å². The quantitative estimate of drug-likeness (QED) is 0.277. The second kappa shape index (κ2) is 10.8. The minimum absolute atomic E-state index is 1.03. The van der Waals surface area contributed by atoms with E-state index in [4.69, 9.17) is 17.0 Å². The molecule has 4 aromatic rings. The van der Waals surface area contributed by atoms with Gasteiger partial charge in [0.25, 0.3) is 0 Å². The number of rotatable bonds is 1. The molecule has 0 N–H and O–H groups in total. The van der Waals surface area contributed by atoms with E-state index in [9.17, 15) is 0 Å². The van der Waals surface area contributed by atoms with Gasteiger partial charge in [0.15, 0.2) is 0 Å². The van der Waals surface area contributed by atoms with Crippen LogP contribution in [0.3, 0.4) is 0 Å². The maximum absolute atomic E-state index is 5.48. The third-order valence-electron chi connectivity index (χ3n) is 3.45. The van der Waals surface area contributed by atoms with Gasteiger partial charge in [-0.1, -0.05) is 12.1 Å². The van der Waals surface area contributed by atoms with Gasteiger partial charge in [-0.3, -0.25) is 0 Å². The zero-order chi connectivity index (χ0) is 17.2. The van der Waals surface area contributed by atoms with E-state index in [0.717, 1.165) is 6.42 Å². The van der Waals surface area contributed by atoms with Crippen molar-refractivity contribution in [2.75, 3.05) is 0 Å². The van der Waals surface area contributed by atoms with E-state index in [0.29, 0.717) is 0 Å². The van der Waals surface area contributed by atoms with Crippen LogP contribution in [0.4, 0.5) is 0 Å². The standard InChI is InChI=1S/2C9H7.C3H6.2ClH.Zr/c2*1-2-5-9-7-3-6-8(9)4-1;1-3-2;;;/h2*1-7H;1H,3H2,2H3;2*1H;/q2*-1;;;;+2/p-2. The number of hydrogen-bond donors (Lipinski definition) is 0. The zero-order valence-electron chi connectivity index (χ0n) is 13.6. The van der Waals surface area contributed by atoms with Gasteiger partial charge in [-0.2, -0.15) is 35.0 Å². The summed E-state index contributed by atoms with van der Waals surface area (Å²) in [4.78, 5) is 0. The van der Waals surface area contributed by atoms with Crippen molar-refractivity contribution in [1.29, 1.82) is 0 Å². The van der Waals surface area contributed by atoms with Crippen LogP contribution in [0.25, 0.3) is 21.5 Å². The van der Waals surface area contributed by atoms with Crippen LogP contribution < -0.4 is 0 Å². The molecule has 0 aliphatic heterocycles. The fraction of sp³-hybridized carbons (Fsp3) is 0.0952. The molecule has 0 heterocycles. The Hall–Kier alpha value is -1.01. The molecule has 4 aromatic carbocycles. The molecule has 4 rings (SSSR count). The summed E-state index contributed by atoms with van der Waals surface area (Å²) in [5.41, 5.74) is 0. The largest absolute Gasteiger partial charge is 0.168 e. The molecule has 0 amide bonds. The monoisotopic (exact) mass is 432 g/mol. The van der Waals surface area contributed by atoms with Crippen LogP contribution in [0.15, 0.2) is 84.9 Å². The molecule has 0 unspecified atom stereocenters. The first-order valence-corrected chi connectivity index (χ1v) is 15.7. The average Bonchev–Trinajstić information content (AvgIpc) is 3.25. The SMILES string of the molecule is CC[CH]=[Zr]([Cl])[Cl].c1ccc2[cH-]ccc2c1.c1ccc2[cH-]ccc2c1. The van der Waals surface area contributed by atoms with Gasteiger partial charge in [-0.15, -0.1) is 59.3 Å². The van der Waals surface area contributed by atoms with Crippen LogP contribution in [0, 0.1) is 0 Å². The van der Waals surface area contributed by atoms with E-state index in [1.165, 1.54) is 21.5 Å². The number of fused-ring (bicyclic) bond motifs is 2. The summed E-state index contributed by atoms with van der Waals surface area (Å²) in [6, 6.07) is 29.3. The van der Waals surface area contributed by atoms with Crippen molar-refractivity contribution in [2.24, 2.45) is 0 Å². The maximum atomic E-state index is 5.48. The Labute approximate surface area is 158 Å². The summed E-state index contributed by atoms with van der Waals surface area (Å²) in [5.74, 6) is 0. The van der Waals surface area contributed by atoms with Gasteiger partial charge in [0.2, 0.25) is 0 Å². The van der Waals surface area contributed by atoms with Gasteiger partial charge < -0.3 is 0 Å². The molecule has 0 atom stereocenters. The van der Waals surface area contributed by atoms with Crippen LogP contribution >= 0.6 is 17.0 Å². The predicted molar refractivity (Wildman–Crippen MR) is 107 cm³/mol. The molecule has 0 radical (unpaired) electrons. The summed E-state index contributed by atoms with van der Waals surface area (Å²) < 4.78 is 2.02. The first-order valence-electron chi connectivity index (χ1n) is 7.92. The van der Waals surface area contributed by atoms with Gasteiger partial charge in [-0.05, 0) is 0 Å². The molecule has 24 heavy (non-hydrogen) atoms. The third-order valence-corrected chi connectivity index (χ3v) is 7.04. The first-order chi connectivity index (χ1) is 11.7. The van der Waals surface area contributed by atoms with E-state index in [2.05, 4.69) is 84.9 Å². The molecule has 0 spiro atoms. The number of benzene rings is 2. The zero-order valence-corrected chi connectivity index (χ0v) is 17.6. The summed E-state index contributed by atoms with van der Waals surface area (Å²) in [5, 5.41) is 5.32. The molecule has 0 fully saturated rings. The summed E-state index contributed by atoms with van der Waals surface area (Å²) in [7, 11) is 11.0. The van der Waals surface area contributed by atoms with E-state index in [1.54, 1.807) is 0 Å². The molecule has 124 valence electrons. The Morgan fingerprint density at radius 3 is 1.58 bits per heavy atom. The Morgan fingerprint density at radius 2 is 1.25 bits per heavy atom. The minimum Gasteiger partial charge on any atom is -0.168 e. The van der Waals surface area contributed by atoms with Crippen molar-refractivity contribution in [3.63, 3.8) is 0 Å². The molecule has 0 aromatic heterocycles. The van der Waals surface area contributed by atoms with Crippen molar-refractivity contribution >= 4 is 42.3 Å². The normalized spacial score (nSPS) is 9.62. The fourth-order valence-corrected chi connectivity index (χ4v) is 4.88. The van der Waals surface area contributed by atoms with Gasteiger partial charge >= 0.3 is 53.0 Å². The van der Waals surface area contributed by atoms with Crippen LogP contribution in [-0.2, 0) is 18.9 Å². The third kappa shape index (κ3) is 6.48. The average molecular weight is 435 g/mol. The van der Waals surface area contributed by atoms with Crippen LogP contribution in [-0.4, -0.2) is 3.71 Å². The molecule has 3 heteroatoms. The topological polar surface area (TPSA) is 0 Å². The van der Waals surface area contributed by atoms with Gasteiger partial charge in [0.05, 0.1) is 0 Å². The number of halogens is 2.